The second-order valence-corrected chi connectivity index (χ2v) is 5.67. The van der Waals surface area contributed by atoms with Gasteiger partial charge < -0.3 is 14.8 Å². The molecule has 20 heavy (non-hydrogen) atoms. The Morgan fingerprint density at radius 1 is 1.35 bits per heavy atom. The van der Waals surface area contributed by atoms with E-state index in [1.54, 1.807) is 26.0 Å². The first-order chi connectivity index (χ1) is 9.43. The van der Waals surface area contributed by atoms with Crippen molar-refractivity contribution in [1.82, 2.24) is 5.32 Å². The van der Waals surface area contributed by atoms with Gasteiger partial charge in [-0.2, -0.15) is 0 Å². The summed E-state index contributed by atoms with van der Waals surface area (Å²) in [4.78, 5) is 23.0. The predicted octanol–water partition coefficient (Wildman–Crippen LogP) is 2.66. The summed E-state index contributed by atoms with van der Waals surface area (Å²) in [5.74, 6) is -0.307. The van der Waals surface area contributed by atoms with Crippen molar-refractivity contribution < 1.29 is 19.1 Å². The molecular weight excluding hydrogens is 394 g/mol. The smallest absolute Gasteiger partial charge is 0.328 e. The van der Waals surface area contributed by atoms with E-state index in [-0.39, 0.29) is 19.1 Å². The van der Waals surface area contributed by atoms with Crippen LogP contribution in [-0.2, 0) is 14.3 Å². The molecule has 1 atom stereocenters. The zero-order valence-electron chi connectivity index (χ0n) is 11.1. The van der Waals surface area contributed by atoms with Crippen LogP contribution in [0.5, 0.6) is 5.75 Å². The molecule has 1 aromatic carbocycles. The maximum absolute atomic E-state index is 11.6. The highest BCUT2D eigenvalue weighted by Crippen LogP contribution is 2.27. The Hall–Kier alpha value is -1.08. The van der Waals surface area contributed by atoms with Gasteiger partial charge in [0.05, 0.1) is 11.1 Å². The molecule has 1 unspecified atom stereocenters. The minimum Gasteiger partial charge on any atom is -0.483 e. The van der Waals surface area contributed by atoms with E-state index in [0.29, 0.717) is 5.75 Å². The van der Waals surface area contributed by atoms with Gasteiger partial charge in [-0.3, -0.25) is 4.79 Å². The second kappa shape index (κ2) is 8.26. The van der Waals surface area contributed by atoms with E-state index < -0.39 is 12.0 Å². The van der Waals surface area contributed by atoms with E-state index >= 15 is 0 Å². The van der Waals surface area contributed by atoms with Crippen LogP contribution in [0.1, 0.15) is 13.8 Å². The molecule has 1 amide bonds. The molecule has 110 valence electrons. The van der Waals surface area contributed by atoms with Crippen LogP contribution in [0.25, 0.3) is 0 Å². The average Bonchev–Trinajstić information content (AvgIpc) is 2.37. The lowest BCUT2D eigenvalue weighted by atomic mass is 10.3. The first kappa shape index (κ1) is 17.0. The Morgan fingerprint density at radius 2 is 2.05 bits per heavy atom. The van der Waals surface area contributed by atoms with Gasteiger partial charge in [0.15, 0.2) is 6.61 Å². The fourth-order valence-electron chi connectivity index (χ4n) is 1.34. The number of esters is 1. The number of rotatable bonds is 6. The van der Waals surface area contributed by atoms with Crippen LogP contribution in [0, 0.1) is 0 Å². The number of amides is 1. The van der Waals surface area contributed by atoms with Crippen LogP contribution < -0.4 is 10.1 Å². The van der Waals surface area contributed by atoms with Crippen molar-refractivity contribution in [2.45, 2.75) is 19.9 Å². The van der Waals surface area contributed by atoms with Crippen molar-refractivity contribution in [2.24, 2.45) is 0 Å². The van der Waals surface area contributed by atoms with Crippen molar-refractivity contribution in [3.63, 3.8) is 0 Å². The van der Waals surface area contributed by atoms with Gasteiger partial charge in [-0.1, -0.05) is 15.9 Å². The number of nitrogens with one attached hydrogen (secondary N) is 1. The minimum atomic E-state index is -0.695. The van der Waals surface area contributed by atoms with Gasteiger partial charge in [0, 0.05) is 4.47 Å². The van der Waals surface area contributed by atoms with Gasteiger partial charge >= 0.3 is 5.97 Å². The molecule has 0 radical (unpaired) electrons. The molecule has 0 saturated heterocycles. The monoisotopic (exact) mass is 407 g/mol. The average molecular weight is 409 g/mol. The van der Waals surface area contributed by atoms with E-state index in [2.05, 4.69) is 37.2 Å². The number of ether oxygens (including phenoxy) is 2. The van der Waals surface area contributed by atoms with Gasteiger partial charge in [0.1, 0.15) is 11.8 Å². The number of carbonyl (C=O) groups excluding carboxylic acids is 2. The third-order valence-electron chi connectivity index (χ3n) is 2.27. The lowest BCUT2D eigenvalue weighted by Crippen LogP contribution is -2.41. The zero-order valence-corrected chi connectivity index (χ0v) is 14.3. The van der Waals surface area contributed by atoms with E-state index in [1.807, 2.05) is 6.07 Å². The number of carbonyl (C=O) groups is 2. The van der Waals surface area contributed by atoms with Crippen molar-refractivity contribution in [2.75, 3.05) is 13.2 Å². The highest BCUT2D eigenvalue weighted by atomic mass is 79.9. The number of hydrogen-bond acceptors (Lipinski definition) is 4. The highest BCUT2D eigenvalue weighted by molar-refractivity contribution is 9.11. The van der Waals surface area contributed by atoms with Crippen LogP contribution in [0.3, 0.4) is 0 Å². The van der Waals surface area contributed by atoms with Crippen molar-refractivity contribution in [1.29, 1.82) is 0 Å². The van der Waals surface area contributed by atoms with Gasteiger partial charge in [0.25, 0.3) is 5.91 Å². The molecule has 0 aliphatic carbocycles. The predicted molar refractivity (Wildman–Crippen MR) is 81.6 cm³/mol. The zero-order chi connectivity index (χ0) is 15.1. The van der Waals surface area contributed by atoms with Crippen LogP contribution in [0.15, 0.2) is 27.1 Å². The first-order valence-corrected chi connectivity index (χ1v) is 7.56. The van der Waals surface area contributed by atoms with Gasteiger partial charge in [-0.05, 0) is 48.0 Å². The molecule has 1 N–H and O–H groups in total. The quantitative estimate of drug-likeness (QED) is 0.735. The third-order valence-corrected chi connectivity index (χ3v) is 3.38. The summed E-state index contributed by atoms with van der Waals surface area (Å²) in [6, 6.07) is 4.66. The fourth-order valence-corrected chi connectivity index (χ4v) is 2.51. The van der Waals surface area contributed by atoms with Gasteiger partial charge in [-0.25, -0.2) is 4.79 Å². The van der Waals surface area contributed by atoms with Crippen LogP contribution in [-0.4, -0.2) is 31.1 Å². The number of hydrogen-bond donors (Lipinski definition) is 1. The van der Waals surface area contributed by atoms with Crippen LogP contribution >= 0.6 is 31.9 Å². The van der Waals surface area contributed by atoms with Crippen molar-refractivity contribution >= 4 is 43.7 Å². The molecule has 0 bridgehead atoms. The second-order valence-electron chi connectivity index (χ2n) is 3.90. The minimum absolute atomic E-state index is 0.177. The molecular formula is C13H15Br2NO4. The molecule has 5 nitrogen and oxygen atoms in total. The SMILES string of the molecule is CCOC(=O)C(C)NC(=O)COc1ccc(Br)cc1Br. The van der Waals surface area contributed by atoms with Crippen LogP contribution in [0.2, 0.25) is 0 Å². The van der Waals surface area contributed by atoms with Gasteiger partial charge in [0.2, 0.25) is 0 Å². The molecule has 0 fully saturated rings. The van der Waals surface area contributed by atoms with Gasteiger partial charge in [-0.15, -0.1) is 0 Å². The molecule has 0 heterocycles. The van der Waals surface area contributed by atoms with Crippen molar-refractivity contribution in [3.05, 3.63) is 27.1 Å². The fraction of sp³-hybridized carbons (Fsp3) is 0.385. The first-order valence-electron chi connectivity index (χ1n) is 5.98. The topological polar surface area (TPSA) is 64.6 Å². The maximum Gasteiger partial charge on any atom is 0.328 e. The molecule has 0 spiro atoms. The van der Waals surface area contributed by atoms with E-state index in [4.69, 9.17) is 9.47 Å². The summed E-state index contributed by atoms with van der Waals surface area (Å²) >= 11 is 6.65. The highest BCUT2D eigenvalue weighted by Gasteiger charge is 2.16. The molecule has 1 aromatic rings. The molecule has 0 aliphatic rings. The molecule has 0 saturated carbocycles. The summed E-state index contributed by atoms with van der Waals surface area (Å²) in [5, 5.41) is 2.50. The Balaban J connectivity index is 2.45. The van der Waals surface area contributed by atoms with Crippen molar-refractivity contribution in [3.8, 4) is 5.75 Å². The van der Waals surface area contributed by atoms with Crippen LogP contribution in [0.4, 0.5) is 0 Å². The van der Waals surface area contributed by atoms with E-state index in [9.17, 15) is 9.59 Å². The number of benzene rings is 1. The Morgan fingerprint density at radius 3 is 2.65 bits per heavy atom. The molecule has 7 heteroatoms. The number of halogens is 2. The standard InChI is InChI=1S/C13H15Br2NO4/c1-3-19-13(18)8(2)16-12(17)7-20-11-5-4-9(14)6-10(11)15/h4-6,8H,3,7H2,1-2H3,(H,16,17). The Labute approximate surface area is 134 Å². The Bertz CT molecular complexity index is 493. The summed E-state index contributed by atoms with van der Waals surface area (Å²) in [5.41, 5.74) is 0. The summed E-state index contributed by atoms with van der Waals surface area (Å²) < 4.78 is 11.8. The maximum atomic E-state index is 11.6. The van der Waals surface area contributed by atoms with E-state index in [0.717, 1.165) is 8.95 Å². The largest absolute Gasteiger partial charge is 0.483 e. The normalized spacial score (nSPS) is 11.6. The third kappa shape index (κ3) is 5.50. The molecule has 0 aliphatic heterocycles. The molecule has 0 aromatic heterocycles. The Kier molecular flexibility index (Phi) is 7.01. The summed E-state index contributed by atoms with van der Waals surface area (Å²) in [6.07, 6.45) is 0. The summed E-state index contributed by atoms with van der Waals surface area (Å²) in [7, 11) is 0. The lowest BCUT2D eigenvalue weighted by molar-refractivity contribution is -0.147. The lowest BCUT2D eigenvalue weighted by Gasteiger charge is -2.13. The van der Waals surface area contributed by atoms with E-state index in [1.165, 1.54) is 0 Å². The summed E-state index contributed by atoms with van der Waals surface area (Å²) in [6.45, 7) is 3.37. The molecule has 1 rings (SSSR count).